The SMILES string of the molecule is COC(=O)[C@H]1C[NH+](Cn2nc(-c3ccccc3F)oc2=S)CCS1. The second-order valence-electron chi connectivity index (χ2n) is 5.40. The first kappa shape index (κ1) is 17.1. The average molecular weight is 370 g/mol. The number of carbonyl (C=O) groups excluding carboxylic acids is 1. The van der Waals surface area contributed by atoms with Crippen LogP contribution in [0.2, 0.25) is 0 Å². The van der Waals surface area contributed by atoms with Crippen LogP contribution in [0.4, 0.5) is 4.39 Å². The molecule has 9 heteroatoms. The highest BCUT2D eigenvalue weighted by molar-refractivity contribution is 8.00. The summed E-state index contributed by atoms with van der Waals surface area (Å²) in [5.74, 6) is 0.384. The molecule has 0 saturated carbocycles. The molecule has 2 heterocycles. The molecule has 0 bridgehead atoms. The second kappa shape index (κ2) is 7.45. The number of rotatable bonds is 4. The third kappa shape index (κ3) is 3.68. The first-order chi connectivity index (χ1) is 11.6. The maximum absolute atomic E-state index is 13.9. The minimum atomic E-state index is -0.409. The van der Waals surface area contributed by atoms with Gasteiger partial charge in [0.05, 0.1) is 19.2 Å². The van der Waals surface area contributed by atoms with Gasteiger partial charge >= 0.3 is 5.97 Å². The van der Waals surface area contributed by atoms with Crippen LogP contribution in [0.3, 0.4) is 0 Å². The lowest BCUT2D eigenvalue weighted by Gasteiger charge is -2.27. The zero-order chi connectivity index (χ0) is 17.1. The minimum absolute atomic E-state index is 0.161. The molecule has 0 aliphatic carbocycles. The zero-order valence-electron chi connectivity index (χ0n) is 13.0. The van der Waals surface area contributed by atoms with Crippen molar-refractivity contribution >= 4 is 29.9 Å². The summed E-state index contributed by atoms with van der Waals surface area (Å²) in [6.45, 7) is 1.97. The van der Waals surface area contributed by atoms with Crippen molar-refractivity contribution in [3.05, 3.63) is 34.9 Å². The highest BCUT2D eigenvalue weighted by Gasteiger charge is 2.30. The molecule has 2 aromatic rings. The van der Waals surface area contributed by atoms with E-state index in [9.17, 15) is 9.18 Å². The maximum Gasteiger partial charge on any atom is 0.324 e. The molecule has 3 rings (SSSR count). The Labute approximate surface area is 147 Å². The summed E-state index contributed by atoms with van der Waals surface area (Å²) in [5, 5.41) is 4.10. The Bertz CT molecular complexity index is 792. The number of thioether (sulfide) groups is 1. The number of esters is 1. The second-order valence-corrected chi connectivity index (χ2v) is 7.06. The van der Waals surface area contributed by atoms with Crippen LogP contribution in [0, 0.1) is 10.7 Å². The molecule has 6 nitrogen and oxygen atoms in total. The van der Waals surface area contributed by atoms with Gasteiger partial charge in [-0.2, -0.15) is 4.68 Å². The van der Waals surface area contributed by atoms with Gasteiger partial charge in [0.1, 0.15) is 12.4 Å². The number of methoxy groups -OCH3 is 1. The summed E-state index contributed by atoms with van der Waals surface area (Å²) in [5.41, 5.74) is 0.277. The number of nitrogens with one attached hydrogen (secondary N) is 1. The molecule has 0 spiro atoms. The molecule has 1 N–H and O–H groups in total. The molecule has 24 heavy (non-hydrogen) atoms. The van der Waals surface area contributed by atoms with Crippen molar-refractivity contribution in [2.75, 3.05) is 26.0 Å². The monoisotopic (exact) mass is 370 g/mol. The van der Waals surface area contributed by atoms with Crippen molar-refractivity contribution in [3.8, 4) is 11.5 Å². The van der Waals surface area contributed by atoms with Gasteiger partial charge in [0.2, 0.25) is 5.89 Å². The van der Waals surface area contributed by atoms with Crippen LogP contribution >= 0.6 is 24.0 Å². The van der Waals surface area contributed by atoms with Crippen molar-refractivity contribution in [3.63, 3.8) is 0 Å². The van der Waals surface area contributed by atoms with Crippen LogP contribution < -0.4 is 4.90 Å². The number of hydrogen-bond donors (Lipinski definition) is 1. The van der Waals surface area contributed by atoms with Crippen LogP contribution in [0.1, 0.15) is 0 Å². The number of hydrogen-bond acceptors (Lipinski definition) is 6. The molecule has 2 atom stereocenters. The number of ether oxygens (including phenoxy) is 1. The maximum atomic E-state index is 13.9. The predicted molar refractivity (Wildman–Crippen MR) is 89.7 cm³/mol. The van der Waals surface area contributed by atoms with Crippen LogP contribution in [0.15, 0.2) is 28.7 Å². The lowest BCUT2D eigenvalue weighted by Crippen LogP contribution is -3.14. The zero-order valence-corrected chi connectivity index (χ0v) is 14.7. The van der Waals surface area contributed by atoms with E-state index in [1.165, 1.54) is 17.9 Å². The standard InChI is InChI=1S/C15H16FN3O3S2/c1-21-14(20)12-8-18(6-7-24-12)9-19-15(23)22-13(17-19)10-4-2-3-5-11(10)16/h2-5,12H,6-9H2,1H3/p+1/t12-/m1/s1. The van der Waals surface area contributed by atoms with E-state index in [0.29, 0.717) is 13.2 Å². The summed E-state index contributed by atoms with van der Waals surface area (Å²) in [7, 11) is 1.39. The molecular formula is C15H17FN3O3S2+. The molecule has 128 valence electrons. The molecule has 1 aromatic carbocycles. The molecule has 1 aliphatic rings. The van der Waals surface area contributed by atoms with Crippen LogP contribution in [0.5, 0.6) is 0 Å². The van der Waals surface area contributed by atoms with Gasteiger partial charge in [-0.15, -0.1) is 16.9 Å². The first-order valence-electron chi connectivity index (χ1n) is 7.44. The van der Waals surface area contributed by atoms with Crippen molar-refractivity contribution < 1.29 is 23.2 Å². The third-order valence-corrected chi connectivity index (χ3v) is 5.29. The lowest BCUT2D eigenvalue weighted by atomic mass is 10.2. The molecule has 1 fully saturated rings. The Morgan fingerprint density at radius 2 is 2.38 bits per heavy atom. The number of halogens is 1. The smallest absolute Gasteiger partial charge is 0.324 e. The first-order valence-corrected chi connectivity index (χ1v) is 8.90. The van der Waals surface area contributed by atoms with E-state index in [1.54, 1.807) is 30.0 Å². The van der Waals surface area contributed by atoms with E-state index >= 15 is 0 Å². The van der Waals surface area contributed by atoms with Gasteiger partial charge < -0.3 is 14.1 Å². The van der Waals surface area contributed by atoms with Gasteiger partial charge in [0.15, 0.2) is 11.9 Å². The van der Waals surface area contributed by atoms with Crippen molar-refractivity contribution in [2.45, 2.75) is 11.9 Å². The van der Waals surface area contributed by atoms with Crippen molar-refractivity contribution in [1.29, 1.82) is 0 Å². The van der Waals surface area contributed by atoms with Crippen LogP contribution in [-0.2, 0) is 16.2 Å². The predicted octanol–water partition coefficient (Wildman–Crippen LogP) is 1.14. The van der Waals surface area contributed by atoms with Gasteiger partial charge in [-0.25, -0.2) is 4.39 Å². The fourth-order valence-electron chi connectivity index (χ4n) is 2.56. The van der Waals surface area contributed by atoms with E-state index < -0.39 is 5.82 Å². The molecule has 1 saturated heterocycles. The van der Waals surface area contributed by atoms with Crippen molar-refractivity contribution in [2.24, 2.45) is 0 Å². The summed E-state index contributed by atoms with van der Waals surface area (Å²) in [6.07, 6.45) is 0. The van der Waals surface area contributed by atoms with E-state index in [-0.39, 0.29) is 27.5 Å². The van der Waals surface area contributed by atoms with Gasteiger partial charge in [-0.3, -0.25) is 4.79 Å². The Hall–Kier alpha value is -1.71. The number of nitrogens with zero attached hydrogens (tertiary/aromatic N) is 2. The molecule has 1 aromatic heterocycles. The highest BCUT2D eigenvalue weighted by Crippen LogP contribution is 2.20. The molecule has 1 aliphatic heterocycles. The molecular weight excluding hydrogens is 353 g/mol. The largest absolute Gasteiger partial charge is 0.468 e. The topological polar surface area (TPSA) is 61.7 Å². The normalized spacial score (nSPS) is 20.8. The lowest BCUT2D eigenvalue weighted by molar-refractivity contribution is -0.921. The van der Waals surface area contributed by atoms with Gasteiger partial charge in [-0.1, -0.05) is 12.1 Å². The number of aromatic nitrogens is 2. The summed E-state index contributed by atoms with van der Waals surface area (Å²) < 4.78 is 25.6. The summed E-state index contributed by atoms with van der Waals surface area (Å²) in [6, 6.07) is 6.26. The molecule has 0 amide bonds. The van der Waals surface area contributed by atoms with Gasteiger partial charge in [0, 0.05) is 5.75 Å². The minimum Gasteiger partial charge on any atom is -0.468 e. The van der Waals surface area contributed by atoms with E-state index in [2.05, 4.69) is 5.10 Å². The Morgan fingerprint density at radius 1 is 1.58 bits per heavy atom. The fourth-order valence-corrected chi connectivity index (χ4v) is 4.02. The Morgan fingerprint density at radius 3 is 3.12 bits per heavy atom. The number of quaternary nitrogens is 1. The van der Waals surface area contributed by atoms with E-state index in [0.717, 1.165) is 17.2 Å². The van der Waals surface area contributed by atoms with Gasteiger partial charge in [-0.05, 0) is 24.4 Å². The summed E-state index contributed by atoms with van der Waals surface area (Å²) >= 11 is 6.78. The Kier molecular flexibility index (Phi) is 5.32. The average Bonchev–Trinajstić information content (AvgIpc) is 2.95. The van der Waals surface area contributed by atoms with E-state index in [4.69, 9.17) is 21.4 Å². The van der Waals surface area contributed by atoms with Crippen molar-refractivity contribution in [1.82, 2.24) is 9.78 Å². The molecule has 1 unspecified atom stereocenters. The van der Waals surface area contributed by atoms with Crippen LogP contribution in [-0.4, -0.2) is 47.0 Å². The summed E-state index contributed by atoms with van der Waals surface area (Å²) in [4.78, 5) is 13.0. The Balaban J connectivity index is 1.75. The molecule has 0 radical (unpaired) electrons. The highest BCUT2D eigenvalue weighted by atomic mass is 32.2. The van der Waals surface area contributed by atoms with E-state index in [1.807, 2.05) is 0 Å². The number of benzene rings is 1. The quantitative estimate of drug-likeness (QED) is 0.643. The number of carbonyl (C=O) groups is 1. The fraction of sp³-hybridized carbons (Fsp3) is 0.400. The third-order valence-electron chi connectivity index (χ3n) is 3.80. The van der Waals surface area contributed by atoms with Gasteiger partial charge in [0.25, 0.3) is 4.84 Å². The van der Waals surface area contributed by atoms with Crippen LogP contribution in [0.25, 0.3) is 11.5 Å².